The monoisotopic (exact) mass is 330 g/mol. The maximum atomic E-state index is 12.5. The fourth-order valence-corrected chi connectivity index (χ4v) is 4.05. The predicted molar refractivity (Wildman–Crippen MR) is 89.1 cm³/mol. The second-order valence-electron chi connectivity index (χ2n) is 5.76. The van der Waals surface area contributed by atoms with Gasteiger partial charge >= 0.3 is 0 Å². The van der Waals surface area contributed by atoms with Crippen LogP contribution in [0, 0.1) is 0 Å². The smallest absolute Gasteiger partial charge is 0.274 e. The van der Waals surface area contributed by atoms with E-state index in [-0.39, 0.29) is 11.8 Å². The van der Waals surface area contributed by atoms with Crippen molar-refractivity contribution in [2.45, 2.75) is 12.3 Å². The molecule has 7 nitrogen and oxygen atoms in total. The van der Waals surface area contributed by atoms with Gasteiger partial charge in [0, 0.05) is 50.9 Å². The van der Waals surface area contributed by atoms with E-state index < -0.39 is 0 Å². The summed E-state index contributed by atoms with van der Waals surface area (Å²) in [6.07, 6.45) is 4.75. The summed E-state index contributed by atoms with van der Waals surface area (Å²) in [6, 6.07) is 1.77. The van der Waals surface area contributed by atoms with Crippen LogP contribution in [-0.2, 0) is 7.05 Å². The van der Waals surface area contributed by atoms with Gasteiger partial charge in [-0.3, -0.25) is 13.9 Å². The van der Waals surface area contributed by atoms with Gasteiger partial charge in [-0.1, -0.05) is 0 Å². The van der Waals surface area contributed by atoms with E-state index in [4.69, 9.17) is 4.98 Å². The van der Waals surface area contributed by atoms with Crippen LogP contribution in [0.25, 0.3) is 4.83 Å². The lowest BCUT2D eigenvalue weighted by atomic mass is 10.1. The summed E-state index contributed by atoms with van der Waals surface area (Å²) in [5.41, 5.74) is 1.59. The molecule has 4 rings (SSSR count). The summed E-state index contributed by atoms with van der Waals surface area (Å²) in [5, 5.41) is 9.40. The van der Waals surface area contributed by atoms with Crippen molar-refractivity contribution >= 4 is 28.0 Å². The summed E-state index contributed by atoms with van der Waals surface area (Å²) in [4.78, 5) is 20.3. The quantitative estimate of drug-likeness (QED) is 0.795. The zero-order chi connectivity index (χ0) is 16.0. The SMILES string of the molecule is CNc1nc([C@H]2CCN(C(=O)c3ccn(C)n3)C2)c2sccn12. The Morgan fingerprint density at radius 1 is 1.43 bits per heavy atom. The minimum absolute atomic E-state index is 0.00331. The highest BCUT2D eigenvalue weighted by atomic mass is 32.1. The van der Waals surface area contributed by atoms with E-state index in [0.29, 0.717) is 12.2 Å². The number of carbonyl (C=O) groups is 1. The van der Waals surface area contributed by atoms with Gasteiger partial charge in [-0.15, -0.1) is 11.3 Å². The summed E-state index contributed by atoms with van der Waals surface area (Å²) in [5.74, 6) is 1.13. The molecule has 0 aromatic carbocycles. The van der Waals surface area contributed by atoms with Crippen LogP contribution in [0.5, 0.6) is 0 Å². The molecule has 1 amide bonds. The van der Waals surface area contributed by atoms with Gasteiger partial charge < -0.3 is 10.2 Å². The number of aryl methyl sites for hydroxylation is 1. The average Bonchev–Trinajstić information content (AvgIpc) is 3.30. The van der Waals surface area contributed by atoms with Gasteiger partial charge in [-0.2, -0.15) is 5.10 Å². The molecular formula is C15H18N6OS. The summed E-state index contributed by atoms with van der Waals surface area (Å²) in [7, 11) is 3.70. The molecule has 3 aromatic rings. The number of thiazole rings is 1. The van der Waals surface area contributed by atoms with Gasteiger partial charge in [0.15, 0.2) is 0 Å². The molecule has 23 heavy (non-hydrogen) atoms. The number of amides is 1. The lowest BCUT2D eigenvalue weighted by Crippen LogP contribution is -2.29. The lowest BCUT2D eigenvalue weighted by Gasteiger charge is -2.14. The molecule has 0 radical (unpaired) electrons. The van der Waals surface area contributed by atoms with Crippen LogP contribution in [0.2, 0.25) is 0 Å². The number of fused-ring (bicyclic) bond motifs is 1. The second-order valence-corrected chi connectivity index (χ2v) is 6.65. The third-order valence-electron chi connectivity index (χ3n) is 4.30. The number of rotatable bonds is 3. The molecule has 120 valence electrons. The summed E-state index contributed by atoms with van der Waals surface area (Å²) in [6.45, 7) is 1.45. The number of anilines is 1. The molecule has 1 saturated heterocycles. The molecule has 0 spiro atoms. The number of carbonyl (C=O) groups excluding carboxylic acids is 1. The van der Waals surface area contributed by atoms with E-state index in [0.717, 1.165) is 29.4 Å². The first-order valence-electron chi connectivity index (χ1n) is 7.59. The zero-order valence-corrected chi connectivity index (χ0v) is 13.9. The van der Waals surface area contributed by atoms with Crippen molar-refractivity contribution in [2.75, 3.05) is 25.5 Å². The maximum Gasteiger partial charge on any atom is 0.274 e. The molecule has 0 bridgehead atoms. The van der Waals surface area contributed by atoms with Crippen molar-refractivity contribution in [1.82, 2.24) is 24.1 Å². The highest BCUT2D eigenvalue weighted by Gasteiger charge is 2.32. The maximum absolute atomic E-state index is 12.5. The average molecular weight is 330 g/mol. The number of aromatic nitrogens is 4. The fraction of sp³-hybridized carbons (Fsp3) is 0.400. The van der Waals surface area contributed by atoms with E-state index in [1.165, 1.54) is 0 Å². The Morgan fingerprint density at radius 3 is 3.04 bits per heavy atom. The van der Waals surface area contributed by atoms with Crippen molar-refractivity contribution in [1.29, 1.82) is 0 Å². The Kier molecular flexibility index (Phi) is 3.33. The normalized spacial score (nSPS) is 18.0. The van der Waals surface area contributed by atoms with Crippen LogP contribution in [-0.4, -0.2) is 50.1 Å². The Morgan fingerprint density at radius 2 is 2.30 bits per heavy atom. The summed E-state index contributed by atoms with van der Waals surface area (Å²) < 4.78 is 3.73. The standard InChI is InChI=1S/C15H18N6OS/c1-16-15-17-12(14-21(15)7-8-23-14)10-3-6-20(9-10)13(22)11-4-5-19(2)18-11/h4-5,7-8,10H,3,6,9H2,1-2H3,(H,16,17)/t10-/m0/s1. The van der Waals surface area contributed by atoms with Crippen LogP contribution in [0.15, 0.2) is 23.8 Å². The van der Waals surface area contributed by atoms with E-state index >= 15 is 0 Å². The van der Waals surface area contributed by atoms with E-state index in [2.05, 4.69) is 20.2 Å². The molecule has 4 heterocycles. The van der Waals surface area contributed by atoms with Crippen molar-refractivity contribution in [3.63, 3.8) is 0 Å². The number of nitrogens with one attached hydrogen (secondary N) is 1. The van der Waals surface area contributed by atoms with Crippen LogP contribution in [0.1, 0.15) is 28.5 Å². The number of nitrogens with zero attached hydrogens (tertiary/aromatic N) is 5. The van der Waals surface area contributed by atoms with Crippen LogP contribution in [0.4, 0.5) is 5.95 Å². The van der Waals surface area contributed by atoms with Gasteiger partial charge in [0.05, 0.1) is 5.69 Å². The molecule has 1 aliphatic heterocycles. The van der Waals surface area contributed by atoms with Gasteiger partial charge in [0.1, 0.15) is 10.5 Å². The Balaban J connectivity index is 1.58. The molecule has 0 saturated carbocycles. The zero-order valence-electron chi connectivity index (χ0n) is 13.1. The van der Waals surface area contributed by atoms with Crippen LogP contribution in [0.3, 0.4) is 0 Å². The van der Waals surface area contributed by atoms with Gasteiger partial charge in [-0.05, 0) is 12.5 Å². The Labute approximate surface area is 137 Å². The highest BCUT2D eigenvalue weighted by Crippen LogP contribution is 2.33. The minimum atomic E-state index is 0.00331. The Bertz CT molecular complexity index is 862. The first-order valence-corrected chi connectivity index (χ1v) is 8.47. The molecule has 0 unspecified atom stereocenters. The van der Waals surface area contributed by atoms with Gasteiger partial charge in [-0.25, -0.2) is 4.98 Å². The largest absolute Gasteiger partial charge is 0.358 e. The second kappa shape index (κ2) is 5.38. The van der Waals surface area contributed by atoms with Crippen molar-refractivity contribution < 1.29 is 4.79 Å². The fourth-order valence-electron chi connectivity index (χ4n) is 3.15. The van der Waals surface area contributed by atoms with E-state index in [1.54, 1.807) is 28.3 Å². The first-order chi connectivity index (χ1) is 11.2. The first kappa shape index (κ1) is 14.3. The molecule has 1 N–H and O–H groups in total. The van der Waals surface area contributed by atoms with Gasteiger partial charge in [0.25, 0.3) is 5.91 Å². The van der Waals surface area contributed by atoms with Crippen molar-refractivity contribution in [2.24, 2.45) is 7.05 Å². The van der Waals surface area contributed by atoms with E-state index in [1.807, 2.05) is 25.2 Å². The molecular weight excluding hydrogens is 312 g/mol. The van der Waals surface area contributed by atoms with E-state index in [9.17, 15) is 4.79 Å². The third kappa shape index (κ3) is 2.29. The molecule has 3 aromatic heterocycles. The number of hydrogen-bond donors (Lipinski definition) is 1. The number of hydrogen-bond acceptors (Lipinski definition) is 5. The van der Waals surface area contributed by atoms with Gasteiger partial charge in [0.2, 0.25) is 5.95 Å². The molecule has 1 aliphatic rings. The predicted octanol–water partition coefficient (Wildman–Crippen LogP) is 1.80. The molecule has 8 heteroatoms. The highest BCUT2D eigenvalue weighted by molar-refractivity contribution is 7.15. The van der Waals surface area contributed by atoms with Crippen LogP contribution >= 0.6 is 11.3 Å². The van der Waals surface area contributed by atoms with Crippen molar-refractivity contribution in [3.8, 4) is 0 Å². The molecule has 0 aliphatic carbocycles. The number of likely N-dealkylation sites (tertiary alicyclic amines) is 1. The van der Waals surface area contributed by atoms with Crippen molar-refractivity contribution in [3.05, 3.63) is 35.2 Å². The summed E-state index contributed by atoms with van der Waals surface area (Å²) >= 11 is 1.69. The molecule has 1 atom stereocenters. The van der Waals surface area contributed by atoms with Crippen LogP contribution < -0.4 is 5.32 Å². The Hall–Kier alpha value is -2.35. The number of imidazole rings is 1. The minimum Gasteiger partial charge on any atom is -0.358 e. The molecule has 1 fully saturated rings. The lowest BCUT2D eigenvalue weighted by molar-refractivity contribution is 0.0784. The topological polar surface area (TPSA) is 67.5 Å². The third-order valence-corrected chi connectivity index (χ3v) is 5.19.